The van der Waals surface area contributed by atoms with Gasteiger partial charge >= 0.3 is 0 Å². The maximum atomic E-state index is 6.01. The molecule has 5 heteroatoms. The molecule has 1 fully saturated rings. The van der Waals surface area contributed by atoms with E-state index in [-0.39, 0.29) is 0 Å². The molecular weight excluding hydrogens is 312 g/mol. The summed E-state index contributed by atoms with van der Waals surface area (Å²) in [6.45, 7) is 11.6. The Labute approximate surface area is 150 Å². The molecule has 1 aliphatic heterocycles. The lowest BCUT2D eigenvalue weighted by Gasteiger charge is -2.34. The first-order chi connectivity index (χ1) is 12.3. The van der Waals surface area contributed by atoms with Crippen molar-refractivity contribution in [2.75, 3.05) is 44.2 Å². The summed E-state index contributed by atoms with van der Waals surface area (Å²) in [5.41, 5.74) is 0.950. The lowest BCUT2D eigenvalue weighted by atomic mass is 10.2. The van der Waals surface area contributed by atoms with E-state index in [4.69, 9.17) is 14.7 Å². The third kappa shape index (κ3) is 4.48. The second-order valence-corrected chi connectivity index (χ2v) is 6.48. The van der Waals surface area contributed by atoms with Gasteiger partial charge in [-0.15, -0.1) is 6.58 Å². The largest absolute Gasteiger partial charge is 0.477 e. The highest BCUT2D eigenvalue weighted by molar-refractivity contribution is 5.84. The van der Waals surface area contributed by atoms with E-state index in [1.54, 1.807) is 0 Å². The molecule has 0 unspecified atom stereocenters. The molecule has 0 bridgehead atoms. The molecule has 0 N–H and O–H groups in total. The van der Waals surface area contributed by atoms with Crippen LogP contribution in [0.1, 0.15) is 26.2 Å². The molecule has 3 rings (SSSR count). The van der Waals surface area contributed by atoms with Crippen LogP contribution in [-0.2, 0) is 0 Å². The van der Waals surface area contributed by atoms with Crippen molar-refractivity contribution in [1.29, 1.82) is 0 Å². The first-order valence-electron chi connectivity index (χ1n) is 9.29. The number of nitrogens with zero attached hydrogens (tertiary/aromatic N) is 4. The molecule has 1 aromatic carbocycles. The van der Waals surface area contributed by atoms with Gasteiger partial charge in [0.25, 0.3) is 0 Å². The Bertz CT molecular complexity index is 695. The van der Waals surface area contributed by atoms with Crippen molar-refractivity contribution in [3.63, 3.8) is 0 Å². The zero-order valence-corrected chi connectivity index (χ0v) is 15.2. The lowest BCUT2D eigenvalue weighted by molar-refractivity contribution is 0.280. The van der Waals surface area contributed by atoms with Gasteiger partial charge in [0.05, 0.1) is 17.5 Å². The summed E-state index contributed by atoms with van der Waals surface area (Å²) in [5.74, 6) is 1.49. The van der Waals surface area contributed by atoms with Crippen molar-refractivity contribution >= 4 is 16.9 Å². The number of ether oxygens (including phenoxy) is 1. The van der Waals surface area contributed by atoms with Gasteiger partial charge in [0, 0.05) is 32.7 Å². The van der Waals surface area contributed by atoms with Gasteiger partial charge in [-0.05, 0) is 18.6 Å². The van der Waals surface area contributed by atoms with Gasteiger partial charge in [0.2, 0.25) is 11.8 Å². The minimum Gasteiger partial charge on any atom is -0.477 e. The van der Waals surface area contributed by atoms with E-state index in [0.717, 1.165) is 56.0 Å². The molecule has 0 saturated carbocycles. The Hall–Kier alpha value is -2.14. The van der Waals surface area contributed by atoms with Crippen LogP contribution < -0.4 is 9.64 Å². The van der Waals surface area contributed by atoms with Crippen LogP contribution in [0.5, 0.6) is 5.88 Å². The fourth-order valence-electron chi connectivity index (χ4n) is 3.12. The third-order valence-electron chi connectivity index (χ3n) is 4.59. The standard InChI is InChI=1S/C20H28N4O/c1-3-5-8-16-25-19-17-9-6-7-10-18(17)21-20(22-19)24-14-12-23(11-4-2)13-15-24/h4,6-7,9-10H,2-3,5,8,11-16H2,1H3. The summed E-state index contributed by atoms with van der Waals surface area (Å²) in [6, 6.07) is 8.10. The molecule has 5 nitrogen and oxygen atoms in total. The number of hydrogen-bond donors (Lipinski definition) is 0. The summed E-state index contributed by atoms with van der Waals surface area (Å²) in [7, 11) is 0. The van der Waals surface area contributed by atoms with Gasteiger partial charge in [-0.1, -0.05) is 38.0 Å². The van der Waals surface area contributed by atoms with Crippen molar-refractivity contribution in [2.45, 2.75) is 26.2 Å². The van der Waals surface area contributed by atoms with E-state index in [1.807, 2.05) is 30.3 Å². The molecule has 134 valence electrons. The number of rotatable bonds is 8. The molecule has 0 aliphatic carbocycles. The van der Waals surface area contributed by atoms with Crippen LogP contribution in [0.4, 0.5) is 5.95 Å². The number of anilines is 1. The second kappa shape index (κ2) is 8.81. The van der Waals surface area contributed by atoms with Crippen LogP contribution in [0.25, 0.3) is 10.9 Å². The van der Waals surface area contributed by atoms with E-state index in [2.05, 4.69) is 23.3 Å². The molecule has 0 radical (unpaired) electrons. The molecule has 0 amide bonds. The Morgan fingerprint density at radius 1 is 1.12 bits per heavy atom. The Balaban J connectivity index is 1.77. The summed E-state index contributed by atoms with van der Waals surface area (Å²) in [6.07, 6.45) is 5.39. The Morgan fingerprint density at radius 3 is 2.68 bits per heavy atom. The summed E-state index contributed by atoms with van der Waals surface area (Å²) in [4.78, 5) is 14.2. The highest BCUT2D eigenvalue weighted by atomic mass is 16.5. The van der Waals surface area contributed by atoms with Gasteiger partial charge < -0.3 is 9.64 Å². The average Bonchev–Trinajstić information content (AvgIpc) is 2.66. The number of piperazine rings is 1. The maximum absolute atomic E-state index is 6.01. The topological polar surface area (TPSA) is 41.5 Å². The monoisotopic (exact) mass is 340 g/mol. The van der Waals surface area contributed by atoms with Crippen LogP contribution in [-0.4, -0.2) is 54.2 Å². The molecule has 2 aromatic rings. The van der Waals surface area contributed by atoms with E-state index in [1.165, 1.54) is 12.8 Å². The molecule has 1 saturated heterocycles. The highest BCUT2D eigenvalue weighted by Gasteiger charge is 2.20. The minimum absolute atomic E-state index is 0.710. The van der Waals surface area contributed by atoms with Crippen molar-refractivity contribution in [1.82, 2.24) is 14.9 Å². The third-order valence-corrected chi connectivity index (χ3v) is 4.59. The zero-order valence-electron chi connectivity index (χ0n) is 15.2. The minimum atomic E-state index is 0.710. The van der Waals surface area contributed by atoms with Crippen LogP contribution in [0, 0.1) is 0 Å². The summed E-state index contributed by atoms with van der Waals surface area (Å²) >= 11 is 0. The zero-order chi connectivity index (χ0) is 17.5. The normalized spacial score (nSPS) is 15.5. The smallest absolute Gasteiger partial charge is 0.229 e. The van der Waals surface area contributed by atoms with Crippen molar-refractivity contribution in [2.24, 2.45) is 0 Å². The lowest BCUT2D eigenvalue weighted by Crippen LogP contribution is -2.46. The highest BCUT2D eigenvalue weighted by Crippen LogP contribution is 2.26. The predicted molar refractivity (Wildman–Crippen MR) is 103 cm³/mol. The molecule has 0 spiro atoms. The van der Waals surface area contributed by atoms with Crippen LogP contribution in [0.3, 0.4) is 0 Å². The van der Waals surface area contributed by atoms with Crippen molar-refractivity contribution < 1.29 is 4.74 Å². The molecule has 1 aliphatic rings. The molecule has 1 aromatic heterocycles. The van der Waals surface area contributed by atoms with Crippen molar-refractivity contribution in [3.8, 4) is 5.88 Å². The number of fused-ring (bicyclic) bond motifs is 1. The van der Waals surface area contributed by atoms with Crippen LogP contribution >= 0.6 is 0 Å². The fourth-order valence-corrected chi connectivity index (χ4v) is 3.12. The fraction of sp³-hybridized carbons (Fsp3) is 0.500. The van der Waals surface area contributed by atoms with Crippen molar-refractivity contribution in [3.05, 3.63) is 36.9 Å². The number of aromatic nitrogens is 2. The SMILES string of the molecule is C=CCN1CCN(c2nc(OCCCCC)c3ccccc3n2)CC1. The van der Waals surface area contributed by atoms with E-state index in [9.17, 15) is 0 Å². The van der Waals surface area contributed by atoms with Gasteiger partial charge in [-0.2, -0.15) is 4.98 Å². The maximum Gasteiger partial charge on any atom is 0.229 e. The summed E-state index contributed by atoms with van der Waals surface area (Å²) < 4.78 is 6.01. The number of unbranched alkanes of at least 4 members (excludes halogenated alkanes) is 2. The molecule has 0 atom stereocenters. The number of benzene rings is 1. The Kier molecular flexibility index (Phi) is 6.23. The average molecular weight is 340 g/mol. The molecule has 25 heavy (non-hydrogen) atoms. The van der Waals surface area contributed by atoms with E-state index >= 15 is 0 Å². The number of para-hydroxylation sites is 1. The first kappa shape index (κ1) is 17.7. The second-order valence-electron chi connectivity index (χ2n) is 6.48. The first-order valence-corrected chi connectivity index (χ1v) is 9.29. The van der Waals surface area contributed by atoms with Gasteiger partial charge in [0.1, 0.15) is 0 Å². The molecular formula is C20H28N4O. The van der Waals surface area contributed by atoms with E-state index < -0.39 is 0 Å². The van der Waals surface area contributed by atoms with Crippen LogP contribution in [0.15, 0.2) is 36.9 Å². The van der Waals surface area contributed by atoms with Crippen LogP contribution in [0.2, 0.25) is 0 Å². The van der Waals surface area contributed by atoms with Gasteiger partial charge in [-0.3, -0.25) is 4.90 Å². The number of hydrogen-bond acceptors (Lipinski definition) is 5. The summed E-state index contributed by atoms with van der Waals surface area (Å²) in [5, 5.41) is 0.994. The van der Waals surface area contributed by atoms with E-state index in [0.29, 0.717) is 12.5 Å². The van der Waals surface area contributed by atoms with Gasteiger partial charge in [-0.25, -0.2) is 4.98 Å². The van der Waals surface area contributed by atoms with Gasteiger partial charge in [0.15, 0.2) is 0 Å². The Morgan fingerprint density at radius 2 is 1.92 bits per heavy atom. The predicted octanol–water partition coefficient (Wildman–Crippen LogP) is 3.51. The quantitative estimate of drug-likeness (QED) is 0.543. The molecule has 2 heterocycles.